The van der Waals surface area contributed by atoms with Gasteiger partial charge in [0.25, 0.3) is 0 Å². The number of fused-ring (bicyclic) bond motifs is 1. The van der Waals surface area contributed by atoms with Crippen LogP contribution in [0, 0.1) is 0 Å². The first-order valence-corrected chi connectivity index (χ1v) is 7.75. The first-order chi connectivity index (χ1) is 11.6. The van der Waals surface area contributed by atoms with Crippen LogP contribution in [0.2, 0.25) is 0 Å². The van der Waals surface area contributed by atoms with Gasteiger partial charge in [-0.05, 0) is 24.6 Å². The number of carbonyl (C=O) groups excluding carboxylic acids is 1. The van der Waals surface area contributed by atoms with Gasteiger partial charge in [-0.25, -0.2) is 4.79 Å². The number of nitrogens with one attached hydrogen (secondary N) is 2. The van der Waals surface area contributed by atoms with Gasteiger partial charge in [-0.15, -0.1) is 0 Å². The number of alkyl carbamates (subject to hydrolysis) is 1. The van der Waals surface area contributed by atoms with E-state index in [0.29, 0.717) is 6.42 Å². The summed E-state index contributed by atoms with van der Waals surface area (Å²) in [6.45, 7) is 2.13. The quantitative estimate of drug-likeness (QED) is 0.672. The Labute approximate surface area is 139 Å². The fourth-order valence-corrected chi connectivity index (χ4v) is 2.53. The van der Waals surface area contributed by atoms with E-state index in [1.54, 1.807) is 12.1 Å². The number of aromatic hydroxyl groups is 1. The molecule has 3 aromatic rings. The molecule has 0 radical (unpaired) electrons. The van der Waals surface area contributed by atoms with E-state index in [9.17, 15) is 9.90 Å². The van der Waals surface area contributed by atoms with Crippen molar-refractivity contribution in [1.29, 1.82) is 0 Å². The molecule has 1 atom stereocenters. The van der Waals surface area contributed by atoms with Crippen molar-refractivity contribution in [3.63, 3.8) is 0 Å². The number of benzene rings is 2. The molecular weight excluding hydrogens is 306 g/mol. The number of phenolic OH excluding ortho intramolecular Hbond substituents is 1. The van der Waals surface area contributed by atoms with Crippen LogP contribution in [0.4, 0.5) is 4.79 Å². The van der Waals surface area contributed by atoms with Gasteiger partial charge in [0.2, 0.25) is 0 Å². The van der Waals surface area contributed by atoms with Gasteiger partial charge < -0.3 is 15.2 Å². The zero-order valence-corrected chi connectivity index (χ0v) is 13.3. The minimum absolute atomic E-state index is 0.131. The fourth-order valence-electron chi connectivity index (χ4n) is 2.53. The molecule has 124 valence electrons. The van der Waals surface area contributed by atoms with Crippen molar-refractivity contribution >= 4 is 17.0 Å². The Morgan fingerprint density at radius 1 is 1.29 bits per heavy atom. The topological polar surface area (TPSA) is 87.2 Å². The van der Waals surface area contributed by atoms with Crippen LogP contribution < -0.4 is 5.32 Å². The number of H-pyrrole nitrogens is 1. The predicted molar refractivity (Wildman–Crippen MR) is 90.7 cm³/mol. The standard InChI is InChI=1S/C18H19N3O3/c1-12(19-18(23)24-11-13-5-3-2-4-6-13)9-16-15-8-7-14(22)10-17(15)21-20-16/h2-8,10,12,22H,9,11H2,1H3,(H,19,23)(H,20,21)/t12-/m0/s1. The fraction of sp³-hybridized carbons (Fsp3) is 0.222. The first kappa shape index (κ1) is 15.9. The van der Waals surface area contributed by atoms with Crippen molar-refractivity contribution in [1.82, 2.24) is 15.5 Å². The number of nitrogens with zero attached hydrogens (tertiary/aromatic N) is 1. The van der Waals surface area contributed by atoms with Crippen LogP contribution >= 0.6 is 0 Å². The number of aromatic amines is 1. The van der Waals surface area contributed by atoms with Crippen molar-refractivity contribution in [2.45, 2.75) is 26.0 Å². The van der Waals surface area contributed by atoms with Gasteiger partial charge in [-0.3, -0.25) is 5.10 Å². The van der Waals surface area contributed by atoms with Crippen LogP contribution in [-0.2, 0) is 17.8 Å². The van der Waals surface area contributed by atoms with E-state index in [1.807, 2.05) is 43.3 Å². The molecule has 0 aliphatic rings. The maximum absolute atomic E-state index is 11.9. The summed E-state index contributed by atoms with van der Waals surface area (Å²) >= 11 is 0. The average molecular weight is 325 g/mol. The second-order valence-electron chi connectivity index (χ2n) is 5.71. The van der Waals surface area contributed by atoms with Crippen molar-refractivity contribution in [3.8, 4) is 5.75 Å². The molecule has 2 aromatic carbocycles. The maximum Gasteiger partial charge on any atom is 0.407 e. The second-order valence-corrected chi connectivity index (χ2v) is 5.71. The second kappa shape index (κ2) is 7.04. The highest BCUT2D eigenvalue weighted by Crippen LogP contribution is 2.21. The minimum Gasteiger partial charge on any atom is -0.508 e. The number of phenols is 1. The van der Waals surface area contributed by atoms with Gasteiger partial charge in [0.15, 0.2) is 0 Å². The van der Waals surface area contributed by atoms with Crippen molar-refractivity contribution in [2.24, 2.45) is 0 Å². The van der Waals surface area contributed by atoms with E-state index in [1.165, 1.54) is 0 Å². The number of rotatable bonds is 5. The van der Waals surface area contributed by atoms with Crippen molar-refractivity contribution in [2.75, 3.05) is 0 Å². The molecule has 0 aliphatic heterocycles. The molecule has 0 aliphatic carbocycles. The van der Waals surface area contributed by atoms with Gasteiger partial charge in [-0.1, -0.05) is 30.3 Å². The summed E-state index contributed by atoms with van der Waals surface area (Å²) < 4.78 is 5.21. The summed E-state index contributed by atoms with van der Waals surface area (Å²) in [6.07, 6.45) is 0.106. The van der Waals surface area contributed by atoms with E-state index < -0.39 is 6.09 Å². The first-order valence-electron chi connectivity index (χ1n) is 7.75. The van der Waals surface area contributed by atoms with Gasteiger partial charge in [0.05, 0.1) is 11.2 Å². The largest absolute Gasteiger partial charge is 0.508 e. The molecule has 1 aromatic heterocycles. The highest BCUT2D eigenvalue weighted by molar-refractivity contribution is 5.82. The van der Waals surface area contributed by atoms with E-state index >= 15 is 0 Å². The summed E-state index contributed by atoms with van der Waals surface area (Å²) in [6, 6.07) is 14.5. The lowest BCUT2D eigenvalue weighted by Crippen LogP contribution is -2.34. The molecule has 0 saturated heterocycles. The summed E-state index contributed by atoms with van der Waals surface area (Å²) in [7, 11) is 0. The molecular formula is C18H19N3O3. The zero-order chi connectivity index (χ0) is 16.9. The van der Waals surface area contributed by atoms with Crippen LogP contribution in [-0.4, -0.2) is 27.4 Å². The average Bonchev–Trinajstić information content (AvgIpc) is 2.95. The Hall–Kier alpha value is -3.02. The molecule has 0 spiro atoms. The van der Waals surface area contributed by atoms with Gasteiger partial charge >= 0.3 is 6.09 Å². The number of amides is 1. The van der Waals surface area contributed by atoms with Crippen molar-refractivity contribution in [3.05, 3.63) is 59.8 Å². The number of carbonyl (C=O) groups is 1. The molecule has 0 saturated carbocycles. The summed E-state index contributed by atoms with van der Waals surface area (Å²) in [5.41, 5.74) is 2.54. The Morgan fingerprint density at radius 3 is 2.88 bits per heavy atom. The monoisotopic (exact) mass is 325 g/mol. The smallest absolute Gasteiger partial charge is 0.407 e. The Bertz CT molecular complexity index is 830. The minimum atomic E-state index is -0.455. The molecule has 1 amide bonds. The zero-order valence-electron chi connectivity index (χ0n) is 13.3. The number of aromatic nitrogens is 2. The molecule has 6 nitrogen and oxygen atoms in total. The maximum atomic E-state index is 11.9. The normalized spacial score (nSPS) is 12.0. The van der Waals surface area contributed by atoms with Crippen LogP contribution in [0.5, 0.6) is 5.75 Å². The van der Waals surface area contributed by atoms with Crippen molar-refractivity contribution < 1.29 is 14.6 Å². The number of ether oxygens (including phenoxy) is 1. The number of hydrogen-bond acceptors (Lipinski definition) is 4. The van der Waals surface area contributed by atoms with E-state index in [-0.39, 0.29) is 18.4 Å². The Morgan fingerprint density at radius 2 is 2.08 bits per heavy atom. The molecule has 24 heavy (non-hydrogen) atoms. The predicted octanol–water partition coefficient (Wildman–Crippen LogP) is 3.13. The van der Waals surface area contributed by atoms with E-state index in [4.69, 9.17) is 4.74 Å². The third-order valence-corrected chi connectivity index (χ3v) is 3.70. The highest BCUT2D eigenvalue weighted by Gasteiger charge is 2.13. The lowest BCUT2D eigenvalue weighted by Gasteiger charge is -2.13. The third-order valence-electron chi connectivity index (χ3n) is 3.70. The lowest BCUT2D eigenvalue weighted by molar-refractivity contribution is 0.136. The van der Waals surface area contributed by atoms with Crippen LogP contribution in [0.25, 0.3) is 10.9 Å². The molecule has 0 bridgehead atoms. The Kier molecular flexibility index (Phi) is 4.65. The molecule has 3 rings (SSSR count). The Balaban J connectivity index is 1.54. The molecule has 6 heteroatoms. The molecule has 1 heterocycles. The van der Waals surface area contributed by atoms with Gasteiger partial charge in [0.1, 0.15) is 12.4 Å². The van der Waals surface area contributed by atoms with E-state index in [0.717, 1.165) is 22.2 Å². The summed E-state index contributed by atoms with van der Waals surface area (Å²) in [5, 5.41) is 20.3. The van der Waals surface area contributed by atoms with Crippen LogP contribution in [0.1, 0.15) is 18.2 Å². The summed E-state index contributed by atoms with van der Waals surface area (Å²) in [4.78, 5) is 11.9. The SMILES string of the molecule is C[C@@H](Cc1n[nH]c2cc(O)ccc12)NC(=O)OCc1ccccc1. The van der Waals surface area contributed by atoms with E-state index in [2.05, 4.69) is 15.5 Å². The molecule has 0 unspecified atom stereocenters. The lowest BCUT2D eigenvalue weighted by atomic mass is 10.1. The van der Waals surface area contributed by atoms with Crippen LogP contribution in [0.15, 0.2) is 48.5 Å². The third kappa shape index (κ3) is 3.84. The van der Waals surface area contributed by atoms with Gasteiger partial charge in [0, 0.05) is 23.9 Å². The van der Waals surface area contributed by atoms with Gasteiger partial charge in [-0.2, -0.15) is 5.10 Å². The molecule has 3 N–H and O–H groups in total. The summed E-state index contributed by atoms with van der Waals surface area (Å²) in [5.74, 6) is 0.188. The number of hydrogen-bond donors (Lipinski definition) is 3. The van der Waals surface area contributed by atoms with Crippen LogP contribution in [0.3, 0.4) is 0 Å². The highest BCUT2D eigenvalue weighted by atomic mass is 16.5. The molecule has 0 fully saturated rings.